The summed E-state index contributed by atoms with van der Waals surface area (Å²) in [6.07, 6.45) is 1.22. The minimum Gasteiger partial charge on any atom is -0.497 e. The van der Waals surface area contributed by atoms with Gasteiger partial charge in [-0.2, -0.15) is 0 Å². The molecule has 0 heterocycles. The second-order valence-electron chi connectivity index (χ2n) is 4.54. The molecule has 2 atom stereocenters. The van der Waals surface area contributed by atoms with Crippen molar-refractivity contribution in [3.05, 3.63) is 24.3 Å². The van der Waals surface area contributed by atoms with Gasteiger partial charge in [0.25, 0.3) is 0 Å². The first kappa shape index (κ1) is 15.4. The topological polar surface area (TPSA) is 21.3 Å². The third-order valence-corrected chi connectivity index (χ3v) is 4.38. The maximum absolute atomic E-state index is 5.25. The molecule has 18 heavy (non-hydrogen) atoms. The highest BCUT2D eigenvalue weighted by atomic mass is 32.2. The van der Waals surface area contributed by atoms with Gasteiger partial charge < -0.3 is 10.1 Å². The summed E-state index contributed by atoms with van der Waals surface area (Å²) >= 11 is 1.90. The van der Waals surface area contributed by atoms with Crippen molar-refractivity contribution in [3.8, 4) is 5.75 Å². The zero-order valence-electron chi connectivity index (χ0n) is 11.9. The fourth-order valence-corrected chi connectivity index (χ4v) is 3.04. The zero-order chi connectivity index (χ0) is 13.4. The molecular formula is C15H25NOS. The van der Waals surface area contributed by atoms with Crippen molar-refractivity contribution in [1.29, 1.82) is 0 Å². The highest BCUT2D eigenvalue weighted by Crippen LogP contribution is 2.25. The normalized spacial score (nSPS) is 14.2. The van der Waals surface area contributed by atoms with E-state index in [1.165, 1.54) is 11.3 Å². The van der Waals surface area contributed by atoms with E-state index < -0.39 is 0 Å². The second kappa shape index (κ2) is 8.44. The van der Waals surface area contributed by atoms with Gasteiger partial charge in [0.05, 0.1) is 7.11 Å². The Morgan fingerprint density at radius 3 is 2.72 bits per heavy atom. The summed E-state index contributed by atoms with van der Waals surface area (Å²) < 4.78 is 5.25. The van der Waals surface area contributed by atoms with Crippen molar-refractivity contribution in [2.45, 2.75) is 38.1 Å². The third-order valence-electron chi connectivity index (χ3n) is 3.27. The van der Waals surface area contributed by atoms with E-state index in [0.717, 1.165) is 18.0 Å². The Morgan fingerprint density at radius 2 is 2.11 bits per heavy atom. The van der Waals surface area contributed by atoms with Gasteiger partial charge in [0, 0.05) is 16.7 Å². The van der Waals surface area contributed by atoms with E-state index >= 15 is 0 Å². The van der Waals surface area contributed by atoms with E-state index in [-0.39, 0.29) is 0 Å². The van der Waals surface area contributed by atoms with Crippen LogP contribution in [0.5, 0.6) is 5.75 Å². The first-order valence-corrected chi connectivity index (χ1v) is 7.70. The van der Waals surface area contributed by atoms with Crippen LogP contribution in [0.3, 0.4) is 0 Å². The Labute approximate surface area is 116 Å². The lowest BCUT2D eigenvalue weighted by atomic mass is 10.0. The van der Waals surface area contributed by atoms with Crippen LogP contribution in [0.4, 0.5) is 0 Å². The van der Waals surface area contributed by atoms with Crippen LogP contribution in [0.15, 0.2) is 29.2 Å². The lowest BCUT2D eigenvalue weighted by Crippen LogP contribution is -2.36. The molecule has 0 aliphatic rings. The van der Waals surface area contributed by atoms with Crippen molar-refractivity contribution < 1.29 is 4.74 Å². The smallest absolute Gasteiger partial charge is 0.119 e. The molecule has 2 unspecified atom stereocenters. The van der Waals surface area contributed by atoms with Gasteiger partial charge in [-0.15, -0.1) is 11.8 Å². The molecule has 0 aliphatic heterocycles. The number of hydrogen-bond acceptors (Lipinski definition) is 3. The summed E-state index contributed by atoms with van der Waals surface area (Å²) in [6, 6.07) is 8.86. The average Bonchev–Trinajstić information content (AvgIpc) is 2.42. The van der Waals surface area contributed by atoms with Crippen LogP contribution in [0.25, 0.3) is 0 Å². The average molecular weight is 267 g/mol. The molecule has 3 heteroatoms. The number of ether oxygens (including phenoxy) is 1. The Kier molecular flexibility index (Phi) is 7.21. The molecule has 102 valence electrons. The van der Waals surface area contributed by atoms with Crippen LogP contribution in [0.2, 0.25) is 0 Å². The summed E-state index contributed by atoms with van der Waals surface area (Å²) in [7, 11) is 1.71. The molecule has 0 aliphatic carbocycles. The summed E-state index contributed by atoms with van der Waals surface area (Å²) in [6.45, 7) is 7.78. The predicted octanol–water partition coefficient (Wildman–Crippen LogP) is 3.81. The first-order chi connectivity index (χ1) is 8.71. The molecule has 1 rings (SSSR count). The van der Waals surface area contributed by atoms with Gasteiger partial charge in [0.2, 0.25) is 0 Å². The van der Waals surface area contributed by atoms with Gasteiger partial charge in [-0.05, 0) is 30.7 Å². The van der Waals surface area contributed by atoms with Gasteiger partial charge in [0.15, 0.2) is 0 Å². The number of benzene rings is 1. The van der Waals surface area contributed by atoms with Crippen LogP contribution in [-0.4, -0.2) is 25.4 Å². The highest BCUT2D eigenvalue weighted by molar-refractivity contribution is 7.99. The van der Waals surface area contributed by atoms with Crippen molar-refractivity contribution in [3.63, 3.8) is 0 Å². The number of hydrogen-bond donors (Lipinski definition) is 1. The van der Waals surface area contributed by atoms with Gasteiger partial charge in [-0.3, -0.25) is 0 Å². The lowest BCUT2D eigenvalue weighted by Gasteiger charge is -2.23. The van der Waals surface area contributed by atoms with Crippen LogP contribution in [0.1, 0.15) is 27.2 Å². The summed E-state index contributed by atoms with van der Waals surface area (Å²) in [5.74, 6) is 2.75. The maximum atomic E-state index is 5.25. The van der Waals surface area contributed by atoms with E-state index in [0.29, 0.717) is 12.0 Å². The molecule has 1 N–H and O–H groups in total. The van der Waals surface area contributed by atoms with Crippen molar-refractivity contribution in [1.82, 2.24) is 5.32 Å². The van der Waals surface area contributed by atoms with E-state index in [1.54, 1.807) is 7.11 Å². The fourth-order valence-electron chi connectivity index (χ4n) is 1.85. The summed E-state index contributed by atoms with van der Waals surface area (Å²) in [5, 5.41) is 3.58. The van der Waals surface area contributed by atoms with E-state index in [4.69, 9.17) is 4.74 Å². The molecule has 1 aromatic carbocycles. The molecule has 0 saturated heterocycles. The molecule has 0 fully saturated rings. The molecule has 2 nitrogen and oxygen atoms in total. The Balaban J connectivity index is 2.54. The quantitative estimate of drug-likeness (QED) is 0.724. The van der Waals surface area contributed by atoms with Gasteiger partial charge in [-0.25, -0.2) is 0 Å². The number of nitrogens with one attached hydrogen (secondary N) is 1. The third kappa shape index (κ3) is 4.91. The van der Waals surface area contributed by atoms with E-state index in [1.807, 2.05) is 23.9 Å². The Morgan fingerprint density at radius 1 is 1.33 bits per heavy atom. The molecule has 0 radical (unpaired) electrons. The van der Waals surface area contributed by atoms with Crippen LogP contribution < -0.4 is 10.1 Å². The van der Waals surface area contributed by atoms with Crippen molar-refractivity contribution in [2.75, 3.05) is 19.4 Å². The monoisotopic (exact) mass is 267 g/mol. The number of rotatable bonds is 8. The summed E-state index contributed by atoms with van der Waals surface area (Å²) in [4.78, 5) is 1.28. The van der Waals surface area contributed by atoms with E-state index in [2.05, 4.69) is 38.2 Å². The molecule has 0 bridgehead atoms. The Bertz CT molecular complexity index is 343. The van der Waals surface area contributed by atoms with E-state index in [9.17, 15) is 0 Å². The molecular weight excluding hydrogens is 242 g/mol. The van der Waals surface area contributed by atoms with Crippen molar-refractivity contribution in [2.24, 2.45) is 5.92 Å². The van der Waals surface area contributed by atoms with Crippen molar-refractivity contribution >= 4 is 11.8 Å². The molecule has 0 saturated carbocycles. The summed E-state index contributed by atoms with van der Waals surface area (Å²) in [5.41, 5.74) is 0. The maximum Gasteiger partial charge on any atom is 0.119 e. The lowest BCUT2D eigenvalue weighted by molar-refractivity contribution is 0.403. The standard InChI is InChI=1S/C15H25NOS/c1-5-12(3)15(16-6-2)11-18-14-9-7-8-13(10-14)17-4/h7-10,12,15-16H,5-6,11H2,1-4H3. The zero-order valence-corrected chi connectivity index (χ0v) is 12.7. The molecule has 1 aromatic rings. The second-order valence-corrected chi connectivity index (χ2v) is 5.63. The SMILES string of the molecule is CCNC(CSc1cccc(OC)c1)C(C)CC. The molecule has 0 amide bonds. The predicted molar refractivity (Wildman–Crippen MR) is 80.6 cm³/mol. The number of thioether (sulfide) groups is 1. The molecule has 0 spiro atoms. The van der Waals surface area contributed by atoms with Gasteiger partial charge in [-0.1, -0.05) is 33.3 Å². The minimum atomic E-state index is 0.580. The first-order valence-electron chi connectivity index (χ1n) is 6.71. The van der Waals surface area contributed by atoms with Gasteiger partial charge >= 0.3 is 0 Å². The van der Waals surface area contributed by atoms with Gasteiger partial charge in [0.1, 0.15) is 5.75 Å². The fraction of sp³-hybridized carbons (Fsp3) is 0.600. The molecule has 0 aromatic heterocycles. The van der Waals surface area contributed by atoms with Crippen LogP contribution in [0, 0.1) is 5.92 Å². The Hall–Kier alpha value is -0.670. The number of methoxy groups -OCH3 is 1. The van der Waals surface area contributed by atoms with Crippen LogP contribution >= 0.6 is 11.8 Å². The largest absolute Gasteiger partial charge is 0.497 e. The van der Waals surface area contributed by atoms with Crippen LogP contribution in [-0.2, 0) is 0 Å². The minimum absolute atomic E-state index is 0.580. The highest BCUT2D eigenvalue weighted by Gasteiger charge is 2.14.